The minimum Gasteiger partial charge on any atom is -0.325 e. The second-order valence-electron chi connectivity index (χ2n) is 7.09. The fourth-order valence-electron chi connectivity index (χ4n) is 2.70. The number of anilines is 1. The van der Waals surface area contributed by atoms with Crippen molar-refractivity contribution in [2.24, 2.45) is 10.3 Å². The molecule has 0 fully saturated rings. The van der Waals surface area contributed by atoms with E-state index in [1.165, 1.54) is 24.1 Å². The second-order valence-corrected chi connectivity index (χ2v) is 8.38. The molecule has 4 nitrogen and oxygen atoms in total. The van der Waals surface area contributed by atoms with Gasteiger partial charge in [0.25, 0.3) is 0 Å². The van der Waals surface area contributed by atoms with Crippen LogP contribution in [0.5, 0.6) is 0 Å². The molecule has 158 valence electrons. The fourth-order valence-corrected chi connectivity index (χ4v) is 3.61. The molecule has 0 radical (unpaired) electrons. The zero-order valence-corrected chi connectivity index (χ0v) is 19.2. The molecule has 0 saturated carbocycles. The molecule has 0 aliphatic rings. The van der Waals surface area contributed by atoms with Crippen LogP contribution in [0.2, 0.25) is 5.02 Å². The molecule has 29 heavy (non-hydrogen) atoms. The highest BCUT2D eigenvalue weighted by molar-refractivity contribution is 8.00. The van der Waals surface area contributed by atoms with Crippen LogP contribution < -0.4 is 4.72 Å². The van der Waals surface area contributed by atoms with Crippen LogP contribution >= 0.6 is 23.5 Å². The van der Waals surface area contributed by atoms with Gasteiger partial charge in [0, 0.05) is 16.5 Å². The number of halogens is 2. The molecular weight excluding hydrogens is 407 g/mol. The number of hydrogen-bond donors (Lipinski definition) is 1. The SMILES string of the molecule is CCCCC(C)N=NN(CC)Cc1ccc(F)cc1NSc1ccc(Cl)c(C)c1. The number of hydrogen-bond acceptors (Lipinski definition) is 4. The summed E-state index contributed by atoms with van der Waals surface area (Å²) in [6.07, 6.45) is 3.35. The zero-order valence-electron chi connectivity index (χ0n) is 17.6. The first-order valence-corrected chi connectivity index (χ1v) is 11.3. The highest BCUT2D eigenvalue weighted by atomic mass is 35.5. The fraction of sp³-hybridized carbons (Fsp3) is 0.455. The third-order valence-corrected chi connectivity index (χ3v) is 5.78. The minimum atomic E-state index is -0.276. The maximum absolute atomic E-state index is 13.9. The summed E-state index contributed by atoms with van der Waals surface area (Å²) in [5, 5.41) is 11.5. The highest BCUT2D eigenvalue weighted by Crippen LogP contribution is 2.28. The summed E-state index contributed by atoms with van der Waals surface area (Å²) in [5.74, 6) is -0.276. The van der Waals surface area contributed by atoms with E-state index in [0.29, 0.717) is 6.54 Å². The van der Waals surface area contributed by atoms with Crippen LogP contribution in [0.15, 0.2) is 51.6 Å². The van der Waals surface area contributed by atoms with Gasteiger partial charge in [-0.2, -0.15) is 5.11 Å². The van der Waals surface area contributed by atoms with Crippen LogP contribution in [-0.4, -0.2) is 17.6 Å². The Bertz CT molecular complexity index is 815. The molecule has 0 spiro atoms. The van der Waals surface area contributed by atoms with Gasteiger partial charge in [0.15, 0.2) is 0 Å². The quantitative estimate of drug-likeness (QED) is 0.223. The molecule has 0 amide bonds. The van der Waals surface area contributed by atoms with E-state index in [-0.39, 0.29) is 11.9 Å². The number of rotatable bonds is 11. The Morgan fingerprint density at radius 1 is 1.21 bits per heavy atom. The summed E-state index contributed by atoms with van der Waals surface area (Å²) in [4.78, 5) is 1.01. The zero-order chi connectivity index (χ0) is 21.2. The number of benzene rings is 2. The van der Waals surface area contributed by atoms with Crippen molar-refractivity contribution < 1.29 is 4.39 Å². The van der Waals surface area contributed by atoms with Crippen LogP contribution in [0.4, 0.5) is 10.1 Å². The number of unbranched alkanes of at least 4 members (excludes halogenated alkanes) is 1. The molecule has 0 bridgehead atoms. The van der Waals surface area contributed by atoms with Crippen LogP contribution in [0.3, 0.4) is 0 Å². The first-order chi connectivity index (χ1) is 13.9. The van der Waals surface area contributed by atoms with Crippen molar-refractivity contribution in [3.63, 3.8) is 0 Å². The van der Waals surface area contributed by atoms with Crippen molar-refractivity contribution >= 4 is 29.2 Å². The molecule has 0 aromatic heterocycles. The van der Waals surface area contributed by atoms with Crippen molar-refractivity contribution in [1.82, 2.24) is 5.01 Å². The molecule has 7 heteroatoms. The molecule has 2 rings (SSSR count). The van der Waals surface area contributed by atoms with E-state index in [2.05, 4.69) is 28.9 Å². The Kier molecular flexibility index (Phi) is 9.74. The lowest BCUT2D eigenvalue weighted by atomic mass is 10.1. The number of nitrogens with one attached hydrogen (secondary N) is 1. The number of aryl methyl sites for hydroxylation is 1. The van der Waals surface area contributed by atoms with Gasteiger partial charge in [-0.1, -0.05) is 42.7 Å². The van der Waals surface area contributed by atoms with Crippen molar-refractivity contribution in [1.29, 1.82) is 0 Å². The van der Waals surface area contributed by atoms with E-state index in [1.807, 2.05) is 37.1 Å². The topological polar surface area (TPSA) is 40.0 Å². The van der Waals surface area contributed by atoms with Gasteiger partial charge in [-0.15, -0.1) is 0 Å². The molecule has 0 aliphatic heterocycles. The number of nitrogens with zero attached hydrogens (tertiary/aromatic N) is 3. The van der Waals surface area contributed by atoms with Gasteiger partial charge in [-0.25, -0.2) is 4.39 Å². The largest absolute Gasteiger partial charge is 0.325 e. The Morgan fingerprint density at radius 2 is 2.00 bits per heavy atom. The van der Waals surface area contributed by atoms with Gasteiger partial charge < -0.3 is 4.72 Å². The molecule has 1 atom stereocenters. The van der Waals surface area contributed by atoms with Gasteiger partial charge in [0.1, 0.15) is 5.82 Å². The van der Waals surface area contributed by atoms with Crippen LogP contribution in [0.25, 0.3) is 0 Å². The normalized spacial score (nSPS) is 12.3. The van der Waals surface area contributed by atoms with Gasteiger partial charge in [-0.3, -0.25) is 5.01 Å². The van der Waals surface area contributed by atoms with Gasteiger partial charge in [0.05, 0.1) is 18.3 Å². The molecule has 1 N–H and O–H groups in total. The predicted molar refractivity (Wildman–Crippen MR) is 122 cm³/mol. The lowest BCUT2D eigenvalue weighted by Crippen LogP contribution is -2.17. The minimum absolute atomic E-state index is 0.207. The van der Waals surface area contributed by atoms with Crippen molar-refractivity contribution in [2.45, 2.75) is 64.4 Å². The van der Waals surface area contributed by atoms with Crippen LogP contribution in [0.1, 0.15) is 51.2 Å². The van der Waals surface area contributed by atoms with Gasteiger partial charge >= 0.3 is 0 Å². The standard InChI is InChI=1S/C22H30ClFN4S/c1-5-7-8-17(4)25-27-28(6-2)15-18-9-10-19(24)14-22(18)26-29-20-11-12-21(23)16(3)13-20/h9-14,17,26H,5-8,15H2,1-4H3. The highest BCUT2D eigenvalue weighted by Gasteiger charge is 2.10. The average Bonchev–Trinajstić information content (AvgIpc) is 2.71. The van der Waals surface area contributed by atoms with Crippen LogP contribution in [-0.2, 0) is 6.54 Å². The third kappa shape index (κ3) is 7.86. The van der Waals surface area contributed by atoms with E-state index in [0.717, 1.165) is 52.5 Å². The summed E-state index contributed by atoms with van der Waals surface area (Å²) in [6, 6.07) is 10.8. The molecule has 2 aromatic rings. The molecule has 1 unspecified atom stereocenters. The van der Waals surface area contributed by atoms with Crippen molar-refractivity contribution in [3.8, 4) is 0 Å². The Balaban J connectivity index is 2.07. The van der Waals surface area contributed by atoms with Crippen LogP contribution in [0, 0.1) is 12.7 Å². The Morgan fingerprint density at radius 3 is 2.69 bits per heavy atom. The molecule has 2 aromatic carbocycles. The van der Waals surface area contributed by atoms with E-state index in [4.69, 9.17) is 11.6 Å². The summed E-state index contributed by atoms with van der Waals surface area (Å²) in [6.45, 7) is 9.55. The Hall–Kier alpha value is -1.79. The van der Waals surface area contributed by atoms with Crippen molar-refractivity contribution in [2.75, 3.05) is 11.3 Å². The van der Waals surface area contributed by atoms with E-state index >= 15 is 0 Å². The molecule has 0 aliphatic carbocycles. The average molecular weight is 437 g/mol. The molecular formula is C22H30ClFN4S. The predicted octanol–water partition coefficient (Wildman–Crippen LogP) is 7.67. The lowest BCUT2D eigenvalue weighted by molar-refractivity contribution is 0.265. The van der Waals surface area contributed by atoms with E-state index in [9.17, 15) is 4.39 Å². The maximum Gasteiger partial charge on any atom is 0.125 e. The molecule has 0 saturated heterocycles. The summed E-state index contributed by atoms with van der Waals surface area (Å²) in [7, 11) is 0. The summed E-state index contributed by atoms with van der Waals surface area (Å²) < 4.78 is 17.1. The summed E-state index contributed by atoms with van der Waals surface area (Å²) >= 11 is 7.53. The third-order valence-electron chi connectivity index (χ3n) is 4.55. The van der Waals surface area contributed by atoms with Gasteiger partial charge in [0.2, 0.25) is 0 Å². The smallest absolute Gasteiger partial charge is 0.125 e. The van der Waals surface area contributed by atoms with Gasteiger partial charge in [-0.05, 0) is 80.6 Å². The van der Waals surface area contributed by atoms with Crippen molar-refractivity contribution in [3.05, 3.63) is 58.4 Å². The Labute approximate surface area is 183 Å². The first-order valence-electron chi connectivity index (χ1n) is 10.1. The second kappa shape index (κ2) is 12.0. The lowest BCUT2D eigenvalue weighted by Gasteiger charge is -2.19. The molecule has 0 heterocycles. The van der Waals surface area contributed by atoms with E-state index in [1.54, 1.807) is 6.07 Å². The summed E-state index contributed by atoms with van der Waals surface area (Å²) in [5.41, 5.74) is 2.70. The van der Waals surface area contributed by atoms with E-state index < -0.39 is 0 Å². The monoisotopic (exact) mass is 436 g/mol. The first kappa shape index (κ1) is 23.5. The maximum atomic E-state index is 13.9.